The number of pyridine rings is 1. The molecule has 1 heterocycles. The van der Waals surface area contributed by atoms with E-state index in [0.29, 0.717) is 12.3 Å². The number of aromatic nitrogens is 1. The highest BCUT2D eigenvalue weighted by Crippen LogP contribution is 2.60. The van der Waals surface area contributed by atoms with E-state index in [-0.39, 0.29) is 40.1 Å². The van der Waals surface area contributed by atoms with Crippen LogP contribution in [0.2, 0.25) is 0 Å². The Morgan fingerprint density at radius 3 is 2.69 bits per heavy atom. The first-order valence-electron chi connectivity index (χ1n) is 9.27. The van der Waals surface area contributed by atoms with Gasteiger partial charge < -0.3 is 15.2 Å². The van der Waals surface area contributed by atoms with E-state index in [0.717, 1.165) is 19.3 Å². The van der Waals surface area contributed by atoms with Crippen LogP contribution >= 0.6 is 0 Å². The molecule has 2 amide bonds. The summed E-state index contributed by atoms with van der Waals surface area (Å²) in [5, 5.41) is 5.65. The lowest BCUT2D eigenvalue weighted by Gasteiger charge is -2.43. The van der Waals surface area contributed by atoms with Crippen LogP contribution in [0.4, 0.5) is 5.69 Å². The third kappa shape index (κ3) is 3.55. The monoisotopic (exact) mass is 359 g/mol. The molecule has 0 aromatic carbocycles. The van der Waals surface area contributed by atoms with Gasteiger partial charge in [-0.1, -0.05) is 27.7 Å². The molecule has 3 rings (SSSR count). The summed E-state index contributed by atoms with van der Waals surface area (Å²) in [6.07, 6.45) is 6.18. The van der Waals surface area contributed by atoms with Crippen molar-refractivity contribution < 1.29 is 9.59 Å². The van der Waals surface area contributed by atoms with E-state index in [1.807, 2.05) is 0 Å². The molecule has 2 aliphatic carbocycles. The zero-order valence-electron chi connectivity index (χ0n) is 16.1. The summed E-state index contributed by atoms with van der Waals surface area (Å²) in [6, 6.07) is 3.18. The summed E-state index contributed by atoms with van der Waals surface area (Å²) < 4.78 is 1.34. The maximum atomic E-state index is 12.7. The van der Waals surface area contributed by atoms with Crippen LogP contribution < -0.4 is 16.2 Å². The molecule has 2 unspecified atom stereocenters. The minimum Gasteiger partial charge on any atom is -0.349 e. The fourth-order valence-corrected chi connectivity index (χ4v) is 5.44. The lowest BCUT2D eigenvalue weighted by atomic mass is 9.67. The SMILES string of the molecule is CC1(C)CC2CC(NC(=O)Cn3cccc(NC=O)c3=O)(C1)CC2(C)C. The molecule has 0 aliphatic heterocycles. The van der Waals surface area contributed by atoms with Crippen molar-refractivity contribution in [2.24, 2.45) is 16.7 Å². The molecule has 6 nitrogen and oxygen atoms in total. The smallest absolute Gasteiger partial charge is 0.274 e. The van der Waals surface area contributed by atoms with Crippen LogP contribution in [0.5, 0.6) is 0 Å². The summed E-state index contributed by atoms with van der Waals surface area (Å²) in [7, 11) is 0. The van der Waals surface area contributed by atoms with Gasteiger partial charge in [0.1, 0.15) is 12.2 Å². The molecule has 0 saturated heterocycles. The highest BCUT2D eigenvalue weighted by Gasteiger charge is 2.56. The van der Waals surface area contributed by atoms with Crippen LogP contribution in [0.25, 0.3) is 0 Å². The maximum Gasteiger partial charge on any atom is 0.274 e. The van der Waals surface area contributed by atoms with Crippen molar-refractivity contribution in [2.75, 3.05) is 5.32 Å². The van der Waals surface area contributed by atoms with Gasteiger partial charge in [-0.25, -0.2) is 0 Å². The number of hydrogen-bond donors (Lipinski definition) is 2. The van der Waals surface area contributed by atoms with E-state index in [9.17, 15) is 14.4 Å². The Kier molecular flexibility index (Phi) is 4.49. The van der Waals surface area contributed by atoms with Crippen molar-refractivity contribution in [3.05, 3.63) is 28.7 Å². The summed E-state index contributed by atoms with van der Waals surface area (Å²) >= 11 is 0. The molecular weight excluding hydrogens is 330 g/mol. The van der Waals surface area contributed by atoms with Gasteiger partial charge in [-0.05, 0) is 54.6 Å². The maximum absolute atomic E-state index is 12.7. The van der Waals surface area contributed by atoms with E-state index in [1.165, 1.54) is 17.1 Å². The van der Waals surface area contributed by atoms with Crippen molar-refractivity contribution in [1.29, 1.82) is 0 Å². The molecule has 1 aromatic rings. The predicted octanol–water partition coefficient (Wildman–Crippen LogP) is 2.53. The second-order valence-electron chi connectivity index (χ2n) is 9.56. The lowest BCUT2D eigenvalue weighted by molar-refractivity contribution is -0.124. The number of amides is 2. The largest absolute Gasteiger partial charge is 0.349 e. The zero-order valence-corrected chi connectivity index (χ0v) is 16.1. The molecule has 2 fully saturated rings. The van der Waals surface area contributed by atoms with Gasteiger partial charge in [-0.15, -0.1) is 0 Å². The Morgan fingerprint density at radius 2 is 2.00 bits per heavy atom. The fourth-order valence-electron chi connectivity index (χ4n) is 5.44. The predicted molar refractivity (Wildman–Crippen MR) is 101 cm³/mol. The van der Waals surface area contributed by atoms with Crippen molar-refractivity contribution in [2.45, 2.75) is 65.5 Å². The molecule has 0 spiro atoms. The Bertz CT molecular complexity index is 777. The molecule has 0 radical (unpaired) electrons. The highest BCUT2D eigenvalue weighted by molar-refractivity contribution is 5.77. The van der Waals surface area contributed by atoms with Gasteiger partial charge in [0.05, 0.1) is 0 Å². The van der Waals surface area contributed by atoms with E-state index in [1.54, 1.807) is 12.3 Å². The van der Waals surface area contributed by atoms with E-state index < -0.39 is 0 Å². The van der Waals surface area contributed by atoms with Crippen molar-refractivity contribution in [3.8, 4) is 0 Å². The number of hydrogen-bond acceptors (Lipinski definition) is 3. The number of carbonyl (C=O) groups excluding carboxylic acids is 2. The van der Waals surface area contributed by atoms with Crippen LogP contribution in [-0.4, -0.2) is 22.4 Å². The first kappa shape index (κ1) is 18.7. The lowest BCUT2D eigenvalue weighted by Crippen LogP contribution is -2.52. The average molecular weight is 359 g/mol. The van der Waals surface area contributed by atoms with E-state index in [2.05, 4.69) is 38.3 Å². The van der Waals surface area contributed by atoms with Gasteiger partial charge in [-0.2, -0.15) is 0 Å². The Morgan fingerprint density at radius 1 is 1.27 bits per heavy atom. The molecule has 1 aromatic heterocycles. The number of carbonyl (C=O) groups is 2. The van der Waals surface area contributed by atoms with Crippen LogP contribution in [0, 0.1) is 16.7 Å². The highest BCUT2D eigenvalue weighted by atomic mass is 16.2. The van der Waals surface area contributed by atoms with Crippen molar-refractivity contribution >= 4 is 18.0 Å². The van der Waals surface area contributed by atoms with E-state index in [4.69, 9.17) is 0 Å². The minimum absolute atomic E-state index is 0.0412. The number of nitrogens with zero attached hydrogens (tertiary/aromatic N) is 1. The van der Waals surface area contributed by atoms with Crippen molar-refractivity contribution in [3.63, 3.8) is 0 Å². The number of nitrogens with one attached hydrogen (secondary N) is 2. The second kappa shape index (κ2) is 6.25. The molecule has 2 atom stereocenters. The van der Waals surface area contributed by atoms with Gasteiger partial charge in [0.15, 0.2) is 0 Å². The topological polar surface area (TPSA) is 80.2 Å². The molecule has 6 heteroatoms. The standard InChI is InChI=1S/C20H29N3O3/c1-18(2)8-14-9-20(11-18,12-19(14,3)4)22-16(25)10-23-7-5-6-15(17(23)26)21-13-24/h5-7,13-14H,8-12H2,1-4H3,(H,21,24)(H,22,25). The van der Waals surface area contributed by atoms with Crippen LogP contribution in [0.15, 0.2) is 23.1 Å². The zero-order chi connectivity index (χ0) is 19.2. The van der Waals surface area contributed by atoms with Gasteiger partial charge >= 0.3 is 0 Å². The summed E-state index contributed by atoms with van der Waals surface area (Å²) in [5.41, 5.74) is 0.0328. The summed E-state index contributed by atoms with van der Waals surface area (Å²) in [4.78, 5) is 35.6. The summed E-state index contributed by atoms with van der Waals surface area (Å²) in [6.45, 7) is 9.11. The normalized spacial score (nSPS) is 28.4. The fraction of sp³-hybridized carbons (Fsp3) is 0.650. The third-order valence-electron chi connectivity index (χ3n) is 6.11. The molecule has 2 N–H and O–H groups in total. The van der Waals surface area contributed by atoms with Crippen LogP contribution in [0.3, 0.4) is 0 Å². The molecule has 26 heavy (non-hydrogen) atoms. The Balaban J connectivity index is 1.77. The molecule has 2 saturated carbocycles. The van der Waals surface area contributed by atoms with Gasteiger partial charge in [-0.3, -0.25) is 14.4 Å². The molecular formula is C20H29N3O3. The first-order valence-corrected chi connectivity index (χ1v) is 9.27. The molecule has 2 bridgehead atoms. The van der Waals surface area contributed by atoms with E-state index >= 15 is 0 Å². The molecule has 142 valence electrons. The van der Waals surface area contributed by atoms with Gasteiger partial charge in [0.25, 0.3) is 5.56 Å². The number of anilines is 1. The van der Waals surface area contributed by atoms with Crippen LogP contribution in [0.1, 0.15) is 53.4 Å². The minimum atomic E-state index is -0.374. The quantitative estimate of drug-likeness (QED) is 0.793. The number of fused-ring (bicyclic) bond motifs is 2. The first-order chi connectivity index (χ1) is 12.1. The Hall–Kier alpha value is -2.11. The van der Waals surface area contributed by atoms with Gasteiger partial charge in [0.2, 0.25) is 12.3 Å². The average Bonchev–Trinajstić information content (AvgIpc) is 2.67. The molecule has 2 aliphatic rings. The van der Waals surface area contributed by atoms with Gasteiger partial charge in [0, 0.05) is 11.7 Å². The van der Waals surface area contributed by atoms with Crippen molar-refractivity contribution in [1.82, 2.24) is 9.88 Å². The van der Waals surface area contributed by atoms with Crippen LogP contribution in [-0.2, 0) is 16.1 Å². The second-order valence-corrected chi connectivity index (χ2v) is 9.56. The Labute approximate surface area is 154 Å². The third-order valence-corrected chi connectivity index (χ3v) is 6.11. The number of rotatable bonds is 5. The summed E-state index contributed by atoms with van der Waals surface area (Å²) in [5.74, 6) is 0.457.